The summed E-state index contributed by atoms with van der Waals surface area (Å²) in [5.74, 6) is -26.4. The number of aliphatic hydroxyl groups is 1. The normalized spacial score (nSPS) is 23.3. The standard InChI is InChI=1S/C76H108N14O22/c1-40(30-65(99)100)49-32-61(95)57(39-91)85-64(98)37-81-70(105)43(4)83-68(103)41(2)28-60(94)54(35-66(101)102)87-73(108)52(26-19-27-77)84-63(97)38-82-75(110)67(44(5)112-76(111)56(89-72(49)107)33-58(92)48-23-15-17-24-50(48)78)90-69(104)42(3)29-59(93)53(34-62(79)96)86-74(109)55(31-46-36-80-51-25-18-16-22-47(46)51)88-71(106)45-20-13-11-9-7-6-8-10-12-14-21-45/h15-18,22-25,36,40-45,49,52-57,67,80,91H,6-14,19-21,26-35,37-39,77-78H2,1-5H3,(H2,79,96)(H,81,105)(H,82,110)(H,83,103)(H,84,97)(H,85,98)(H,86,109)(H,87,108)(H,88,106)(H,89,107)(H,90,104)(H,99,100)(H,101,102)/t40-,41+,42-,43+,44-,49+,52+,53-,54+,55+,56+,57-,67+/m1/s1. The number of benzene rings is 2. The third-order valence-electron chi connectivity index (χ3n) is 19.7. The maximum atomic E-state index is 14.8. The number of amides is 11. The summed E-state index contributed by atoms with van der Waals surface area (Å²) < 4.78 is 5.80. The van der Waals surface area contributed by atoms with Gasteiger partial charge in [-0.1, -0.05) is 109 Å². The van der Waals surface area contributed by atoms with Gasteiger partial charge in [-0.25, -0.2) is 4.79 Å². The molecule has 0 unspecified atom stereocenters. The van der Waals surface area contributed by atoms with Crippen molar-refractivity contribution in [3.05, 3.63) is 65.9 Å². The SMILES string of the molecule is C[C@H](CC(=O)[C@@H](CC(N)=O)NC(=O)[C@H](Cc1c[nH]c2ccccc12)NC(=O)C1CCCCCCCCCCC1)C(=O)N[C@@H]1C(=O)NCC(=O)N[C@@H](CCCN)C(=O)N[C@@H](CC(=O)O)C(=O)C[C@H](C)C(=O)N[C@@H](C)C(=O)NCC(=O)N[C@H](CO)C(=O)C[C@@H]([C@H](C)CC(=O)O)C(=O)N[C@@H](CC(=O)c2ccccc2N)C(=O)O[C@@H]1C. The van der Waals surface area contributed by atoms with Crippen LogP contribution < -0.4 is 70.4 Å². The first-order valence-corrected chi connectivity index (χ1v) is 37.8. The number of carbonyl (C=O) groups excluding carboxylic acids is 16. The summed E-state index contributed by atoms with van der Waals surface area (Å²) in [6.07, 6.45) is 3.06. The van der Waals surface area contributed by atoms with Gasteiger partial charge >= 0.3 is 17.9 Å². The summed E-state index contributed by atoms with van der Waals surface area (Å²) in [5.41, 5.74) is 18.6. The average Bonchev–Trinajstić information content (AvgIpc) is 1.52. The molecule has 0 bridgehead atoms. The monoisotopic (exact) mass is 1570 g/mol. The maximum Gasteiger partial charge on any atom is 0.329 e. The molecule has 112 heavy (non-hydrogen) atoms. The second-order valence-corrected chi connectivity index (χ2v) is 28.9. The number of nitrogen functional groups attached to an aromatic ring is 1. The van der Waals surface area contributed by atoms with E-state index < -0.39 is 249 Å². The first-order chi connectivity index (χ1) is 53.1. The van der Waals surface area contributed by atoms with Crippen molar-refractivity contribution < 1.29 is 106 Å². The fourth-order valence-electron chi connectivity index (χ4n) is 13.1. The van der Waals surface area contributed by atoms with Crippen LogP contribution in [0.25, 0.3) is 10.9 Å². The Bertz CT molecular complexity index is 3870. The molecule has 36 nitrogen and oxygen atoms in total. The van der Waals surface area contributed by atoms with E-state index in [1.807, 2.05) is 12.1 Å². The fourth-order valence-corrected chi connectivity index (χ4v) is 13.1. The third kappa shape index (κ3) is 30.0. The van der Waals surface area contributed by atoms with Gasteiger partial charge in [0.2, 0.25) is 65.0 Å². The average molecular weight is 1570 g/mol. The second-order valence-electron chi connectivity index (χ2n) is 28.9. The van der Waals surface area contributed by atoms with Crippen LogP contribution >= 0.6 is 0 Å². The smallest absolute Gasteiger partial charge is 0.329 e. The summed E-state index contributed by atoms with van der Waals surface area (Å²) in [7, 11) is 0. The predicted octanol–water partition coefficient (Wildman–Crippen LogP) is -0.479. The van der Waals surface area contributed by atoms with Gasteiger partial charge in [-0.3, -0.25) is 81.5 Å². The molecule has 0 spiro atoms. The lowest BCUT2D eigenvalue weighted by atomic mass is 9.84. The van der Waals surface area contributed by atoms with Crippen LogP contribution in [0.2, 0.25) is 0 Å². The fraction of sp³-hybridized carbons (Fsp3) is 0.579. The Balaban J connectivity index is 1.55. The first-order valence-electron chi connectivity index (χ1n) is 37.8. The van der Waals surface area contributed by atoms with Gasteiger partial charge in [-0.05, 0) is 75.8 Å². The number of esters is 1. The molecular weight excluding hydrogens is 1460 g/mol. The van der Waals surface area contributed by atoms with E-state index in [4.69, 9.17) is 21.9 Å². The highest BCUT2D eigenvalue weighted by Crippen LogP contribution is 2.26. The van der Waals surface area contributed by atoms with Crippen LogP contribution in [-0.2, 0) is 92.7 Å². The number of carbonyl (C=O) groups is 18. The molecule has 614 valence electrons. The van der Waals surface area contributed by atoms with Crippen molar-refractivity contribution in [2.75, 3.05) is 32.0 Å². The Morgan fingerprint density at radius 3 is 1.80 bits per heavy atom. The van der Waals surface area contributed by atoms with Crippen LogP contribution in [0.15, 0.2) is 54.7 Å². The number of rotatable bonds is 25. The van der Waals surface area contributed by atoms with Crippen LogP contribution in [0.4, 0.5) is 5.69 Å². The summed E-state index contributed by atoms with van der Waals surface area (Å²) in [6.45, 7) is 2.71. The van der Waals surface area contributed by atoms with Gasteiger partial charge in [-0.15, -0.1) is 0 Å². The summed E-state index contributed by atoms with van der Waals surface area (Å²) in [6, 6.07) is -1.40. The minimum atomic E-state index is -2.16. The largest absolute Gasteiger partial charge is 0.481 e. The van der Waals surface area contributed by atoms with Gasteiger partial charge < -0.3 is 95.4 Å². The quantitative estimate of drug-likeness (QED) is 0.0289. The summed E-state index contributed by atoms with van der Waals surface area (Å²) >= 11 is 0. The molecule has 3 aromatic rings. The van der Waals surface area contributed by atoms with Crippen LogP contribution in [0.3, 0.4) is 0 Å². The highest BCUT2D eigenvalue weighted by Gasteiger charge is 2.41. The number of hydrogen-bond donors (Lipinski definition) is 17. The van der Waals surface area contributed by atoms with Gasteiger partial charge in [0, 0.05) is 90.5 Å². The minimum Gasteiger partial charge on any atom is -0.481 e. The van der Waals surface area contributed by atoms with Gasteiger partial charge in [-0.2, -0.15) is 0 Å². The number of anilines is 1. The van der Waals surface area contributed by atoms with Crippen molar-refractivity contribution >= 4 is 123 Å². The van der Waals surface area contributed by atoms with Crippen LogP contribution in [-0.4, -0.2) is 207 Å². The highest BCUT2D eigenvalue weighted by atomic mass is 16.5. The number of ketones is 4. The molecule has 1 saturated carbocycles. The van der Waals surface area contributed by atoms with E-state index in [1.54, 1.807) is 18.3 Å². The van der Waals surface area contributed by atoms with Gasteiger partial charge in [0.25, 0.3) is 0 Å². The van der Waals surface area contributed by atoms with E-state index >= 15 is 0 Å². The lowest BCUT2D eigenvalue weighted by Gasteiger charge is -2.29. The molecule has 0 radical (unpaired) electrons. The topological polar surface area (TPSA) is 591 Å². The molecule has 1 aliphatic carbocycles. The van der Waals surface area contributed by atoms with E-state index in [2.05, 4.69) is 58.2 Å². The molecule has 2 fully saturated rings. The predicted molar refractivity (Wildman–Crippen MR) is 402 cm³/mol. The van der Waals surface area contributed by atoms with Crippen molar-refractivity contribution in [2.45, 2.75) is 224 Å². The molecule has 1 aliphatic heterocycles. The summed E-state index contributed by atoms with van der Waals surface area (Å²) in [4.78, 5) is 252. The number of H-pyrrole nitrogens is 1. The van der Waals surface area contributed by atoms with Gasteiger partial charge in [0.05, 0.1) is 44.6 Å². The number of aromatic amines is 1. The Labute approximate surface area is 647 Å². The highest BCUT2D eigenvalue weighted by molar-refractivity contribution is 6.05. The lowest BCUT2D eigenvalue weighted by molar-refractivity contribution is -0.156. The number of cyclic esters (lactones) is 1. The summed E-state index contributed by atoms with van der Waals surface area (Å²) in [5, 5.41) is 54.7. The number of carboxylic acid groups (broad SMARTS) is 2. The molecule has 1 saturated heterocycles. The van der Waals surface area contributed by atoms with E-state index in [0.717, 1.165) is 75.6 Å². The molecule has 13 atom stereocenters. The number of nitrogens with one attached hydrogen (secondary N) is 11. The Hall–Kier alpha value is -11.0. The number of primary amides is 1. The molecular formula is C76H108N14O22. The number of Topliss-reactive ketones (excluding diaryl/α,β-unsaturated/α-hetero) is 4. The zero-order valence-corrected chi connectivity index (χ0v) is 63.8. The molecule has 36 heteroatoms. The lowest BCUT2D eigenvalue weighted by Crippen LogP contribution is -2.58. The molecule has 5 rings (SSSR count). The number of hydrogen-bond acceptors (Lipinski definition) is 22. The number of carboxylic acids is 2. The van der Waals surface area contributed by atoms with E-state index in [1.165, 1.54) is 52.0 Å². The van der Waals surface area contributed by atoms with Gasteiger partial charge in [0.15, 0.2) is 23.1 Å². The Kier molecular flexibility index (Phi) is 37.6. The van der Waals surface area contributed by atoms with Crippen molar-refractivity contribution in [3.63, 3.8) is 0 Å². The van der Waals surface area contributed by atoms with Crippen molar-refractivity contribution in [1.82, 2.24) is 58.2 Å². The number of aromatic nitrogens is 1. The molecule has 1 aromatic heterocycles. The van der Waals surface area contributed by atoms with Crippen LogP contribution in [0.1, 0.15) is 179 Å². The van der Waals surface area contributed by atoms with E-state index in [9.17, 15) is 102 Å². The van der Waals surface area contributed by atoms with Gasteiger partial charge in [0.1, 0.15) is 42.4 Å². The Morgan fingerprint density at radius 2 is 1.20 bits per heavy atom. The molecule has 2 aliphatic rings. The minimum absolute atomic E-state index is 0.0171. The zero-order valence-electron chi connectivity index (χ0n) is 63.8. The zero-order chi connectivity index (χ0) is 82.9. The van der Waals surface area contributed by atoms with Crippen molar-refractivity contribution in [2.24, 2.45) is 41.1 Å². The first kappa shape index (κ1) is 91.6. The van der Waals surface area contributed by atoms with Crippen LogP contribution in [0, 0.1) is 29.6 Å². The molecule has 20 N–H and O–H groups in total. The third-order valence-corrected chi connectivity index (χ3v) is 19.7. The molecule has 2 heterocycles. The Morgan fingerprint density at radius 1 is 0.607 bits per heavy atom. The van der Waals surface area contributed by atoms with E-state index in [0.29, 0.717) is 18.4 Å². The number of fused-ring (bicyclic) bond motifs is 1. The number of nitrogens with two attached hydrogens (primary N) is 3. The number of aliphatic carboxylic acids is 2. The number of aliphatic hydroxyl groups excluding tert-OH is 1. The maximum absolute atomic E-state index is 14.8. The van der Waals surface area contributed by atoms with E-state index in [-0.39, 0.29) is 43.0 Å². The van der Waals surface area contributed by atoms with Crippen molar-refractivity contribution in [1.29, 1.82) is 0 Å². The van der Waals surface area contributed by atoms with Crippen molar-refractivity contribution in [3.8, 4) is 0 Å². The second kappa shape index (κ2) is 45.9. The number of para-hydroxylation sites is 2. The number of ether oxygens (including phenoxy) is 1. The molecule has 11 amide bonds. The molecule has 2 aromatic carbocycles. The van der Waals surface area contributed by atoms with Crippen LogP contribution in [0.5, 0.6) is 0 Å².